The van der Waals surface area contributed by atoms with Crippen molar-refractivity contribution >= 4 is 23.0 Å². The van der Waals surface area contributed by atoms with Gasteiger partial charge in [-0.15, -0.1) is 0 Å². The molecule has 1 aliphatic rings. The van der Waals surface area contributed by atoms with Gasteiger partial charge in [-0.2, -0.15) is 0 Å². The van der Waals surface area contributed by atoms with Gasteiger partial charge in [-0.3, -0.25) is 0 Å². The number of aliphatic hydroxyl groups excluding tert-OH is 3. The average molecular weight is 298 g/mol. The van der Waals surface area contributed by atoms with E-state index in [9.17, 15) is 10.2 Å². The number of aliphatic hydroxyl groups is 3. The number of nitrogens with one attached hydrogen (secondary N) is 2. The molecule has 1 saturated heterocycles. The standard InChI is InChI=1S/C11H14N4O4S/c16-3-6-8(17)9(18)10(19-6)15-20-11-7-5(1-2-12-11)13-4-14-7/h1-2,4,6,8-10,15-18H,3H2,(H,13,14)/t6-,8-,9-,10?/m1/s1. The summed E-state index contributed by atoms with van der Waals surface area (Å²) in [5, 5.41) is 29.1. The van der Waals surface area contributed by atoms with Gasteiger partial charge in [-0.05, 0) is 18.0 Å². The summed E-state index contributed by atoms with van der Waals surface area (Å²) >= 11 is 1.15. The fourth-order valence-corrected chi connectivity index (χ4v) is 2.82. The Bertz CT molecular complexity index is 595. The maximum Gasteiger partial charge on any atom is 0.146 e. The zero-order chi connectivity index (χ0) is 14.1. The van der Waals surface area contributed by atoms with E-state index in [-0.39, 0.29) is 6.61 Å². The summed E-state index contributed by atoms with van der Waals surface area (Å²) in [5.74, 6) is 0. The zero-order valence-corrected chi connectivity index (χ0v) is 11.1. The molecule has 2 aromatic heterocycles. The first-order chi connectivity index (χ1) is 9.70. The molecule has 1 aliphatic heterocycles. The van der Waals surface area contributed by atoms with Crippen LogP contribution in [0.2, 0.25) is 0 Å². The van der Waals surface area contributed by atoms with Crippen LogP contribution in [0.15, 0.2) is 23.6 Å². The number of imidazole rings is 1. The minimum absolute atomic E-state index is 0.353. The molecule has 5 N–H and O–H groups in total. The highest BCUT2D eigenvalue weighted by Gasteiger charge is 2.42. The van der Waals surface area contributed by atoms with Gasteiger partial charge in [0.15, 0.2) is 0 Å². The fourth-order valence-electron chi connectivity index (χ4n) is 2.03. The molecule has 20 heavy (non-hydrogen) atoms. The van der Waals surface area contributed by atoms with Crippen LogP contribution >= 0.6 is 11.9 Å². The van der Waals surface area contributed by atoms with Crippen molar-refractivity contribution in [2.24, 2.45) is 0 Å². The number of pyridine rings is 1. The van der Waals surface area contributed by atoms with Crippen LogP contribution in [-0.2, 0) is 4.74 Å². The normalized spacial score (nSPS) is 30.1. The molecule has 3 heterocycles. The Morgan fingerprint density at radius 1 is 1.35 bits per heavy atom. The van der Waals surface area contributed by atoms with Gasteiger partial charge >= 0.3 is 0 Å². The van der Waals surface area contributed by atoms with Gasteiger partial charge in [-0.25, -0.2) is 14.7 Å². The van der Waals surface area contributed by atoms with Crippen LogP contribution in [0.3, 0.4) is 0 Å². The number of hydrogen-bond acceptors (Lipinski definition) is 8. The van der Waals surface area contributed by atoms with Gasteiger partial charge in [0.05, 0.1) is 18.5 Å². The molecule has 108 valence electrons. The maximum absolute atomic E-state index is 9.81. The van der Waals surface area contributed by atoms with Crippen molar-refractivity contribution in [3.8, 4) is 0 Å². The summed E-state index contributed by atoms with van der Waals surface area (Å²) in [4.78, 5) is 11.3. The minimum Gasteiger partial charge on any atom is -0.394 e. The highest BCUT2D eigenvalue weighted by molar-refractivity contribution is 7.97. The molecule has 1 fully saturated rings. The Morgan fingerprint density at radius 3 is 2.95 bits per heavy atom. The zero-order valence-electron chi connectivity index (χ0n) is 10.3. The van der Waals surface area contributed by atoms with Gasteiger partial charge in [-0.1, -0.05) is 0 Å². The molecule has 2 aromatic rings. The smallest absolute Gasteiger partial charge is 0.146 e. The lowest BCUT2D eigenvalue weighted by atomic mass is 10.1. The van der Waals surface area contributed by atoms with E-state index in [0.717, 1.165) is 17.5 Å². The maximum atomic E-state index is 9.81. The van der Waals surface area contributed by atoms with E-state index in [1.165, 1.54) is 0 Å². The van der Waals surface area contributed by atoms with Gasteiger partial charge in [0, 0.05) is 6.20 Å². The molecular formula is C11H14N4O4S. The van der Waals surface area contributed by atoms with Gasteiger partial charge in [0.25, 0.3) is 0 Å². The molecular weight excluding hydrogens is 284 g/mol. The first kappa shape index (κ1) is 13.7. The molecule has 8 nitrogen and oxygen atoms in total. The van der Waals surface area contributed by atoms with Crippen molar-refractivity contribution in [1.82, 2.24) is 19.7 Å². The molecule has 3 rings (SSSR count). The van der Waals surface area contributed by atoms with Crippen molar-refractivity contribution in [2.45, 2.75) is 29.6 Å². The van der Waals surface area contributed by atoms with E-state index < -0.39 is 24.5 Å². The van der Waals surface area contributed by atoms with E-state index in [1.54, 1.807) is 18.6 Å². The van der Waals surface area contributed by atoms with Crippen molar-refractivity contribution in [3.63, 3.8) is 0 Å². The van der Waals surface area contributed by atoms with Crippen molar-refractivity contribution in [3.05, 3.63) is 18.6 Å². The molecule has 0 bridgehead atoms. The third-order valence-electron chi connectivity index (χ3n) is 3.12. The Hall–Kier alpha value is -1.23. The largest absolute Gasteiger partial charge is 0.394 e. The van der Waals surface area contributed by atoms with E-state index in [1.807, 2.05) is 0 Å². The molecule has 1 unspecified atom stereocenters. The van der Waals surface area contributed by atoms with Crippen LogP contribution in [0.25, 0.3) is 11.0 Å². The topological polar surface area (TPSA) is 124 Å². The number of rotatable bonds is 4. The average Bonchev–Trinajstić information content (AvgIpc) is 3.04. The molecule has 9 heteroatoms. The number of nitrogens with zero attached hydrogens (tertiary/aromatic N) is 2. The third kappa shape index (κ3) is 2.39. The molecule has 0 aromatic carbocycles. The van der Waals surface area contributed by atoms with E-state index in [0.29, 0.717) is 10.5 Å². The summed E-state index contributed by atoms with van der Waals surface area (Å²) in [6, 6.07) is 1.80. The number of ether oxygens (including phenoxy) is 1. The minimum atomic E-state index is -1.12. The monoisotopic (exact) mass is 298 g/mol. The SMILES string of the molecule is OC[C@H]1OC(NSc2nccc3[nH]cnc23)[C@H](O)[C@@H]1O. The van der Waals surface area contributed by atoms with E-state index in [4.69, 9.17) is 9.84 Å². The molecule has 0 spiro atoms. The second-order valence-electron chi connectivity index (χ2n) is 4.39. The van der Waals surface area contributed by atoms with E-state index >= 15 is 0 Å². The number of H-pyrrole nitrogens is 1. The van der Waals surface area contributed by atoms with Crippen LogP contribution in [0.5, 0.6) is 0 Å². The summed E-state index contributed by atoms with van der Waals surface area (Å²) < 4.78 is 8.19. The Balaban J connectivity index is 1.69. The predicted molar refractivity (Wildman–Crippen MR) is 70.6 cm³/mol. The number of aromatic nitrogens is 3. The predicted octanol–water partition coefficient (Wildman–Crippen LogP) is -1.01. The van der Waals surface area contributed by atoms with E-state index in [2.05, 4.69) is 19.7 Å². The van der Waals surface area contributed by atoms with Crippen LogP contribution in [0.4, 0.5) is 0 Å². The first-order valence-corrected chi connectivity index (χ1v) is 6.85. The highest BCUT2D eigenvalue weighted by Crippen LogP contribution is 2.25. The lowest BCUT2D eigenvalue weighted by Gasteiger charge is -2.15. The van der Waals surface area contributed by atoms with Gasteiger partial charge in [0.2, 0.25) is 0 Å². The summed E-state index contributed by atoms with van der Waals surface area (Å²) in [6.45, 7) is -0.353. The number of hydrogen-bond donors (Lipinski definition) is 5. The van der Waals surface area contributed by atoms with Crippen LogP contribution in [-0.4, -0.2) is 61.4 Å². The summed E-state index contributed by atoms with van der Waals surface area (Å²) in [5.41, 5.74) is 1.56. The highest BCUT2D eigenvalue weighted by atomic mass is 32.2. The first-order valence-electron chi connectivity index (χ1n) is 6.03. The molecule has 4 atom stereocenters. The molecule has 0 saturated carbocycles. The molecule has 0 radical (unpaired) electrons. The second-order valence-corrected chi connectivity index (χ2v) is 5.22. The number of fused-ring (bicyclic) bond motifs is 1. The number of aromatic amines is 1. The molecule has 0 aliphatic carbocycles. The Kier molecular flexibility index (Phi) is 3.87. The van der Waals surface area contributed by atoms with Crippen LogP contribution in [0, 0.1) is 0 Å². The van der Waals surface area contributed by atoms with Crippen molar-refractivity contribution < 1.29 is 20.1 Å². The van der Waals surface area contributed by atoms with Crippen molar-refractivity contribution in [2.75, 3.05) is 6.61 Å². The Morgan fingerprint density at radius 2 is 2.20 bits per heavy atom. The fraction of sp³-hybridized carbons (Fsp3) is 0.455. The lowest BCUT2D eigenvalue weighted by Crippen LogP contribution is -2.38. The summed E-state index contributed by atoms with van der Waals surface area (Å²) in [7, 11) is 0. The van der Waals surface area contributed by atoms with Crippen molar-refractivity contribution in [1.29, 1.82) is 0 Å². The second kappa shape index (κ2) is 5.64. The van der Waals surface area contributed by atoms with Gasteiger partial charge in [0.1, 0.15) is 35.1 Å². The summed E-state index contributed by atoms with van der Waals surface area (Å²) in [6.07, 6.45) is -0.601. The van der Waals surface area contributed by atoms with Crippen LogP contribution in [0.1, 0.15) is 0 Å². The third-order valence-corrected chi connectivity index (χ3v) is 3.96. The quantitative estimate of drug-likeness (QED) is 0.455. The Labute approximate surface area is 118 Å². The van der Waals surface area contributed by atoms with Gasteiger partial charge < -0.3 is 25.0 Å². The molecule has 0 amide bonds. The lowest BCUT2D eigenvalue weighted by molar-refractivity contribution is -0.0241. The van der Waals surface area contributed by atoms with Crippen LogP contribution < -0.4 is 4.72 Å².